The van der Waals surface area contributed by atoms with Gasteiger partial charge in [0.2, 0.25) is 0 Å². The van der Waals surface area contributed by atoms with Crippen molar-refractivity contribution in [1.82, 2.24) is 9.19 Å². The third-order valence-corrected chi connectivity index (χ3v) is 2.77. The zero-order valence-corrected chi connectivity index (χ0v) is 9.41. The van der Waals surface area contributed by atoms with Crippen LogP contribution >= 0.6 is 0 Å². The van der Waals surface area contributed by atoms with Crippen molar-refractivity contribution in [3.8, 4) is 0 Å². The van der Waals surface area contributed by atoms with E-state index in [4.69, 9.17) is 4.74 Å². The number of carbonyl (C=O) groups is 1. The van der Waals surface area contributed by atoms with E-state index in [1.807, 2.05) is 6.92 Å². The Balaban J connectivity index is 2.50. The third kappa shape index (κ3) is 3.16. The van der Waals surface area contributed by atoms with Crippen LogP contribution in [0.15, 0.2) is 0 Å². The molecule has 0 aliphatic rings. The van der Waals surface area contributed by atoms with Crippen molar-refractivity contribution in [3.63, 3.8) is 0 Å². The van der Waals surface area contributed by atoms with E-state index in [-0.39, 0.29) is 20.8 Å². The normalized spacial score (nSPS) is 10.2. The second-order valence-corrected chi connectivity index (χ2v) is 4.35. The molecule has 72 valence electrons. The Bertz CT molecular complexity index is 298. The molecule has 5 nitrogen and oxygen atoms in total. The Morgan fingerprint density at radius 3 is 2.77 bits per heavy atom. The molecular formula is C7H11N3O2Se. The van der Waals surface area contributed by atoms with Gasteiger partial charge < -0.3 is 0 Å². The summed E-state index contributed by atoms with van der Waals surface area (Å²) in [5, 5.41) is 6.43. The van der Waals surface area contributed by atoms with Crippen LogP contribution in [0, 0.1) is 6.92 Å². The maximum atomic E-state index is 11.1. The molecule has 0 saturated carbocycles. The van der Waals surface area contributed by atoms with Crippen LogP contribution in [0.1, 0.15) is 19.5 Å². The van der Waals surface area contributed by atoms with E-state index in [1.165, 1.54) is 0 Å². The van der Waals surface area contributed by atoms with E-state index < -0.39 is 6.09 Å². The maximum absolute atomic E-state index is 11.1. The number of nitrogens with zero attached hydrogens (tertiary/aromatic N) is 2. The molecule has 0 atom stereocenters. The molecule has 0 aromatic carbocycles. The summed E-state index contributed by atoms with van der Waals surface area (Å²) < 4.78 is 9.50. The Morgan fingerprint density at radius 1 is 1.62 bits per heavy atom. The third-order valence-electron chi connectivity index (χ3n) is 1.21. The van der Waals surface area contributed by atoms with Gasteiger partial charge in [-0.15, -0.1) is 0 Å². The quantitative estimate of drug-likeness (QED) is 0.786. The molecule has 0 saturated heterocycles. The van der Waals surface area contributed by atoms with Gasteiger partial charge in [0.1, 0.15) is 0 Å². The molecule has 0 aliphatic carbocycles. The Hall–Kier alpha value is -0.871. The summed E-state index contributed by atoms with van der Waals surface area (Å²) in [5.41, 5.74) is 0.765. The zero-order chi connectivity index (χ0) is 9.84. The number of rotatable bonds is 2. The number of amides is 1. The topological polar surface area (TPSA) is 64.1 Å². The van der Waals surface area contributed by atoms with Crippen molar-refractivity contribution < 1.29 is 9.53 Å². The Kier molecular flexibility index (Phi) is 3.45. The molecule has 1 rings (SSSR count). The second-order valence-electron chi connectivity index (χ2n) is 2.77. The molecule has 1 aromatic rings. The van der Waals surface area contributed by atoms with E-state index in [0.717, 1.165) is 10.3 Å². The molecular weight excluding hydrogens is 237 g/mol. The first-order chi connectivity index (χ1) is 6.09. The molecule has 1 aromatic heterocycles. The Labute approximate surface area is 82.5 Å². The second kappa shape index (κ2) is 4.39. The van der Waals surface area contributed by atoms with Crippen molar-refractivity contribution in [2.24, 2.45) is 0 Å². The first-order valence-electron chi connectivity index (χ1n) is 3.86. The summed E-state index contributed by atoms with van der Waals surface area (Å²) >= 11 is -0.0971. The number of carbonyl (C=O) groups excluding carboxylic acids is 1. The van der Waals surface area contributed by atoms with Crippen LogP contribution in [0.4, 0.5) is 9.36 Å². The first-order valence-corrected chi connectivity index (χ1v) is 5.48. The van der Waals surface area contributed by atoms with Gasteiger partial charge in [-0.2, -0.15) is 0 Å². The minimum absolute atomic E-state index is 0.0971. The van der Waals surface area contributed by atoms with Crippen LogP contribution in [0.25, 0.3) is 0 Å². The van der Waals surface area contributed by atoms with Gasteiger partial charge in [0.15, 0.2) is 0 Å². The summed E-state index contributed by atoms with van der Waals surface area (Å²) in [6.07, 6.45) is -0.540. The average molecular weight is 248 g/mol. The summed E-state index contributed by atoms with van der Waals surface area (Å²) in [5.74, 6) is 0. The Morgan fingerprint density at radius 2 is 2.31 bits per heavy atom. The van der Waals surface area contributed by atoms with Crippen molar-refractivity contribution in [2.45, 2.75) is 26.9 Å². The van der Waals surface area contributed by atoms with Crippen molar-refractivity contribution in [1.29, 1.82) is 0 Å². The summed E-state index contributed by atoms with van der Waals surface area (Å²) in [4.78, 5) is 11.1. The summed E-state index contributed by atoms with van der Waals surface area (Å²) in [7, 11) is 0. The van der Waals surface area contributed by atoms with Gasteiger partial charge in [-0.25, -0.2) is 0 Å². The number of hydrogen-bond acceptors (Lipinski definition) is 4. The number of aromatic nitrogens is 2. The average Bonchev–Trinajstić information content (AvgIpc) is 2.34. The van der Waals surface area contributed by atoms with E-state index in [1.54, 1.807) is 13.8 Å². The van der Waals surface area contributed by atoms with Crippen LogP contribution in [0.2, 0.25) is 0 Å². The monoisotopic (exact) mass is 249 g/mol. The molecule has 0 spiro atoms. The van der Waals surface area contributed by atoms with Crippen molar-refractivity contribution in [2.75, 3.05) is 5.32 Å². The fourth-order valence-electron chi connectivity index (χ4n) is 0.683. The molecule has 1 heterocycles. The number of anilines is 1. The van der Waals surface area contributed by atoms with Gasteiger partial charge in [-0.05, 0) is 0 Å². The van der Waals surface area contributed by atoms with E-state index in [2.05, 4.69) is 14.5 Å². The van der Waals surface area contributed by atoms with Gasteiger partial charge in [0.25, 0.3) is 0 Å². The van der Waals surface area contributed by atoms with Crippen LogP contribution < -0.4 is 5.32 Å². The summed E-state index contributed by atoms with van der Waals surface area (Å²) in [6.45, 7) is 5.41. The minimum atomic E-state index is -0.432. The molecule has 0 unspecified atom stereocenters. The predicted octanol–water partition coefficient (Wildman–Crippen LogP) is 0.799. The number of hydrogen-bond donors (Lipinski definition) is 1. The van der Waals surface area contributed by atoms with Crippen molar-refractivity contribution in [3.05, 3.63) is 5.69 Å². The van der Waals surface area contributed by atoms with Crippen LogP contribution in [-0.4, -0.2) is 36.1 Å². The predicted molar refractivity (Wildman–Crippen MR) is 48.9 cm³/mol. The fraction of sp³-hybridized carbons (Fsp3) is 0.571. The zero-order valence-electron chi connectivity index (χ0n) is 7.70. The van der Waals surface area contributed by atoms with Gasteiger partial charge in [0.05, 0.1) is 0 Å². The van der Waals surface area contributed by atoms with E-state index in [0.29, 0.717) is 0 Å². The molecule has 0 fully saturated rings. The molecule has 0 bridgehead atoms. The molecule has 0 aliphatic heterocycles. The first kappa shape index (κ1) is 10.2. The van der Waals surface area contributed by atoms with Crippen LogP contribution in [-0.2, 0) is 4.74 Å². The molecule has 13 heavy (non-hydrogen) atoms. The molecule has 1 amide bonds. The summed E-state index contributed by atoms with van der Waals surface area (Å²) in [6, 6.07) is 0. The number of nitrogens with one attached hydrogen (secondary N) is 1. The van der Waals surface area contributed by atoms with Gasteiger partial charge in [-0.1, -0.05) is 0 Å². The number of ether oxygens (including phenoxy) is 1. The van der Waals surface area contributed by atoms with Gasteiger partial charge in [-0.3, -0.25) is 0 Å². The van der Waals surface area contributed by atoms with E-state index in [9.17, 15) is 4.79 Å². The molecule has 0 radical (unpaired) electrons. The van der Waals surface area contributed by atoms with Crippen LogP contribution in [0.3, 0.4) is 0 Å². The van der Waals surface area contributed by atoms with Gasteiger partial charge in [0, 0.05) is 0 Å². The number of aryl methyl sites for hydroxylation is 1. The molecule has 1 N–H and O–H groups in total. The van der Waals surface area contributed by atoms with E-state index >= 15 is 0 Å². The SMILES string of the molecule is Cc1nn[se]c1NC(=O)OC(C)C. The van der Waals surface area contributed by atoms with Crippen LogP contribution in [0.5, 0.6) is 0 Å². The molecule has 6 heteroatoms. The van der Waals surface area contributed by atoms with Crippen molar-refractivity contribution >= 4 is 25.4 Å². The standard InChI is InChI=1S/C7H11N3O2Se/c1-4(2)12-7(11)8-6-5(3)9-10-13-6/h4H,1-3H3,(H,8,11). The fourth-order valence-corrected chi connectivity index (χ4v) is 1.83. The van der Waals surface area contributed by atoms with Gasteiger partial charge >= 0.3 is 82.0 Å².